The molecule has 2 amide bonds. The molecular weight excluding hydrogens is 430 g/mol. The summed E-state index contributed by atoms with van der Waals surface area (Å²) in [4.78, 5) is 51.1. The zero-order valence-electron chi connectivity index (χ0n) is 16.2. The lowest BCUT2D eigenvalue weighted by Gasteiger charge is -2.06. The molecule has 0 spiro atoms. The number of hydrogen-bond donors (Lipinski definition) is 4. The second-order valence-electron chi connectivity index (χ2n) is 6.74. The van der Waals surface area contributed by atoms with E-state index in [2.05, 4.69) is 15.6 Å². The highest BCUT2D eigenvalue weighted by Crippen LogP contribution is 2.35. The molecule has 1 aromatic rings. The van der Waals surface area contributed by atoms with Gasteiger partial charge in [0.15, 0.2) is 5.56 Å². The van der Waals surface area contributed by atoms with Crippen molar-refractivity contribution < 1.29 is 19.1 Å². The summed E-state index contributed by atoms with van der Waals surface area (Å²) in [5.74, 6) is -1.07. The predicted octanol–water partition coefficient (Wildman–Crippen LogP) is 2.89. The maximum absolute atomic E-state index is 12.1. The number of rotatable bonds is 9. The first-order valence-corrected chi connectivity index (χ1v) is 11.6. The van der Waals surface area contributed by atoms with Crippen molar-refractivity contribution in [2.75, 3.05) is 11.9 Å². The van der Waals surface area contributed by atoms with Crippen molar-refractivity contribution in [1.29, 1.82) is 0 Å². The van der Waals surface area contributed by atoms with Crippen molar-refractivity contribution in [3.05, 3.63) is 43.5 Å². The number of unbranched alkanes of at least 4 members (excludes halogenated alkanes) is 3. The Morgan fingerprint density at radius 3 is 2.73 bits per heavy atom. The number of aromatic amines is 1. The van der Waals surface area contributed by atoms with Gasteiger partial charge in [0.05, 0.1) is 10.6 Å². The Hall–Kier alpha value is -2.92. The van der Waals surface area contributed by atoms with Gasteiger partial charge in [-0.15, -0.1) is 0 Å². The fraction of sp³-hybridized carbons (Fsp3) is 0.368. The number of amides is 2. The molecule has 0 atom stereocenters. The highest BCUT2D eigenvalue weighted by molar-refractivity contribution is 7.70. The Morgan fingerprint density at radius 1 is 1.20 bits per heavy atom. The van der Waals surface area contributed by atoms with E-state index in [0.29, 0.717) is 31.5 Å². The molecule has 2 aliphatic rings. The molecule has 0 radical (unpaired) electrons. The highest BCUT2D eigenvalue weighted by Gasteiger charge is 2.19. The van der Waals surface area contributed by atoms with Crippen LogP contribution in [0.25, 0.3) is 10.6 Å². The monoisotopic (exact) mass is 451 g/mol. The van der Waals surface area contributed by atoms with E-state index in [1.807, 2.05) is 5.38 Å². The second kappa shape index (κ2) is 9.72. The summed E-state index contributed by atoms with van der Waals surface area (Å²) < 4.78 is 4.82. The van der Waals surface area contributed by atoms with Gasteiger partial charge < -0.3 is 25.1 Å². The van der Waals surface area contributed by atoms with Crippen LogP contribution in [-0.2, 0) is 4.79 Å². The molecule has 0 aliphatic carbocycles. The Morgan fingerprint density at radius 2 is 1.97 bits per heavy atom. The van der Waals surface area contributed by atoms with E-state index in [4.69, 9.17) is 4.42 Å². The Bertz CT molecular complexity index is 1130. The van der Waals surface area contributed by atoms with Crippen molar-refractivity contribution in [3.8, 4) is 16.3 Å². The number of carbonyl (C=O) groups is 2. The first-order chi connectivity index (χ1) is 14.4. The number of aromatic nitrogens is 1. The molecule has 1 aromatic heterocycles. The van der Waals surface area contributed by atoms with Gasteiger partial charge in [-0.05, 0) is 19.8 Å². The summed E-state index contributed by atoms with van der Waals surface area (Å²) in [6.07, 6.45) is 3.15. The average molecular weight is 452 g/mol. The lowest BCUT2D eigenvalue weighted by Crippen LogP contribution is -2.29. The van der Waals surface area contributed by atoms with Crippen LogP contribution in [-0.4, -0.2) is 28.4 Å². The maximum atomic E-state index is 12.1. The molecule has 3 heterocycles. The van der Waals surface area contributed by atoms with Gasteiger partial charge in [0.1, 0.15) is 17.2 Å². The molecule has 4 N–H and O–H groups in total. The van der Waals surface area contributed by atoms with Crippen molar-refractivity contribution in [3.63, 3.8) is 0 Å². The van der Waals surface area contributed by atoms with Crippen molar-refractivity contribution >= 4 is 38.2 Å². The van der Waals surface area contributed by atoms with Gasteiger partial charge in [-0.2, -0.15) is 0 Å². The van der Waals surface area contributed by atoms with Crippen LogP contribution in [0.1, 0.15) is 48.2 Å². The van der Waals surface area contributed by atoms with Crippen LogP contribution in [0, 0.1) is 6.92 Å². The van der Waals surface area contributed by atoms with Crippen LogP contribution in [0.15, 0.2) is 25.5 Å². The zero-order chi connectivity index (χ0) is 21.7. The number of fused-ring (bicyclic) bond motifs is 1. The van der Waals surface area contributed by atoms with Crippen LogP contribution in [0.3, 0.4) is 0 Å². The third kappa shape index (κ3) is 5.16. The van der Waals surface area contributed by atoms with Crippen molar-refractivity contribution in [2.24, 2.45) is 0 Å². The fourth-order valence-electron chi connectivity index (χ4n) is 2.94. The zero-order valence-corrected chi connectivity index (χ0v) is 17.8. The standard InChI is InChI=1S/C19H21N3O6S2/c1-10-8-12(23)14(19(27)28-10)17(25)20-7-5-3-2-4-6-13(24)22-15-16-11(9-29-30-16)21-18(15)26/h8-9,23H,2-7H2,1H3,(H,20,25)(H,21,26)(H,22,24). The molecule has 9 nitrogen and oxygen atoms in total. The molecule has 30 heavy (non-hydrogen) atoms. The summed E-state index contributed by atoms with van der Waals surface area (Å²) in [6, 6.07) is 1.22. The lowest BCUT2D eigenvalue weighted by molar-refractivity contribution is -0.116. The van der Waals surface area contributed by atoms with Crippen molar-refractivity contribution in [1.82, 2.24) is 10.3 Å². The number of hydrogen-bond acceptors (Lipinski definition) is 8. The minimum Gasteiger partial charge on any atom is -0.507 e. The molecule has 160 valence electrons. The molecule has 0 saturated heterocycles. The minimum atomic E-state index is -0.875. The third-order valence-corrected chi connectivity index (χ3v) is 6.50. The lowest BCUT2D eigenvalue weighted by atomic mass is 10.1. The van der Waals surface area contributed by atoms with E-state index < -0.39 is 22.8 Å². The fourth-order valence-corrected chi connectivity index (χ4v) is 5.10. The topological polar surface area (TPSA) is 142 Å². The maximum Gasteiger partial charge on any atom is 0.352 e. The summed E-state index contributed by atoms with van der Waals surface area (Å²) in [5, 5.41) is 16.8. The van der Waals surface area contributed by atoms with Gasteiger partial charge in [-0.25, -0.2) is 4.79 Å². The summed E-state index contributed by atoms with van der Waals surface area (Å²) in [6.45, 7) is 1.84. The molecule has 3 rings (SSSR count). The van der Waals surface area contributed by atoms with Crippen LogP contribution >= 0.6 is 20.7 Å². The first kappa shape index (κ1) is 21.8. The van der Waals surface area contributed by atoms with E-state index in [1.165, 1.54) is 33.7 Å². The van der Waals surface area contributed by atoms with Gasteiger partial charge in [0.2, 0.25) is 5.91 Å². The Labute approximate surface area is 178 Å². The van der Waals surface area contributed by atoms with Crippen LogP contribution < -0.4 is 21.8 Å². The summed E-state index contributed by atoms with van der Waals surface area (Å²) in [5.41, 5.74) is -0.515. The van der Waals surface area contributed by atoms with Gasteiger partial charge >= 0.3 is 5.63 Å². The van der Waals surface area contributed by atoms with Gasteiger partial charge in [0, 0.05) is 24.4 Å². The normalized spacial score (nSPS) is 11.0. The van der Waals surface area contributed by atoms with E-state index >= 15 is 0 Å². The molecule has 2 aliphatic heterocycles. The third-order valence-electron chi connectivity index (χ3n) is 4.41. The minimum absolute atomic E-state index is 0.207. The molecule has 0 bridgehead atoms. The van der Waals surface area contributed by atoms with Gasteiger partial charge in [-0.3, -0.25) is 14.4 Å². The first-order valence-electron chi connectivity index (χ1n) is 9.38. The average Bonchev–Trinajstić information content (AvgIpc) is 3.22. The number of aryl methyl sites for hydroxylation is 1. The molecular formula is C19H21N3O6S2. The van der Waals surface area contributed by atoms with E-state index in [-0.39, 0.29) is 17.2 Å². The Kier molecular flexibility index (Phi) is 7.06. The number of nitrogens with one attached hydrogen (secondary N) is 3. The Balaban J connectivity index is 1.33. The second-order valence-corrected chi connectivity index (χ2v) is 8.82. The smallest absolute Gasteiger partial charge is 0.352 e. The number of anilines is 1. The van der Waals surface area contributed by atoms with Crippen molar-refractivity contribution in [2.45, 2.75) is 39.0 Å². The molecule has 0 unspecified atom stereocenters. The SMILES string of the molecule is Cc1cc(O)c(C(=O)NCCCCCCC(=O)Nc2c3sscc-3[nH]c2=O)c(=O)o1. The highest BCUT2D eigenvalue weighted by atomic mass is 32.9. The number of aromatic hydroxyl groups is 1. The van der Waals surface area contributed by atoms with Crippen LogP contribution in [0.2, 0.25) is 0 Å². The van der Waals surface area contributed by atoms with E-state index in [0.717, 1.165) is 23.4 Å². The molecule has 11 heteroatoms. The molecule has 0 fully saturated rings. The van der Waals surface area contributed by atoms with Crippen LogP contribution in [0.4, 0.5) is 5.69 Å². The summed E-state index contributed by atoms with van der Waals surface area (Å²) >= 11 is 0. The number of carbonyl (C=O) groups excluding carboxylic acids is 2. The van der Waals surface area contributed by atoms with Gasteiger partial charge in [0.25, 0.3) is 11.5 Å². The molecule has 0 aromatic carbocycles. The summed E-state index contributed by atoms with van der Waals surface area (Å²) in [7, 11) is 2.93. The van der Waals surface area contributed by atoms with E-state index in [1.54, 1.807) is 0 Å². The molecule has 0 saturated carbocycles. The predicted molar refractivity (Wildman–Crippen MR) is 115 cm³/mol. The quantitative estimate of drug-likeness (QED) is 0.291. The largest absolute Gasteiger partial charge is 0.507 e. The van der Waals surface area contributed by atoms with E-state index in [9.17, 15) is 24.3 Å². The van der Waals surface area contributed by atoms with Gasteiger partial charge in [-0.1, -0.05) is 33.5 Å². The number of H-pyrrole nitrogens is 1. The van der Waals surface area contributed by atoms with Crippen LogP contribution in [0.5, 0.6) is 5.75 Å².